The zero-order chi connectivity index (χ0) is 18.7. The van der Waals surface area contributed by atoms with Crippen LogP contribution in [0.4, 0.5) is 21.5 Å². The fraction of sp³-hybridized carbons (Fsp3) is 0.263. The summed E-state index contributed by atoms with van der Waals surface area (Å²) in [6, 6.07) is 10.6. The van der Waals surface area contributed by atoms with Gasteiger partial charge in [0.15, 0.2) is 0 Å². The van der Waals surface area contributed by atoms with Crippen LogP contribution in [0, 0.1) is 5.82 Å². The molecule has 1 saturated heterocycles. The molecule has 7 heteroatoms. The molecule has 0 spiro atoms. The van der Waals surface area contributed by atoms with Crippen molar-refractivity contribution in [3.63, 3.8) is 0 Å². The molecule has 5 nitrogen and oxygen atoms in total. The average molecular weight is 376 g/mol. The maximum Gasteiger partial charge on any atom is 0.246 e. The van der Waals surface area contributed by atoms with E-state index in [4.69, 9.17) is 11.6 Å². The Morgan fingerprint density at radius 2 is 1.96 bits per heavy atom. The predicted molar refractivity (Wildman–Crippen MR) is 101 cm³/mol. The molecule has 0 bridgehead atoms. The fourth-order valence-corrected chi connectivity index (χ4v) is 3.02. The van der Waals surface area contributed by atoms with Crippen LogP contribution >= 0.6 is 11.6 Å². The minimum atomic E-state index is -0.532. The summed E-state index contributed by atoms with van der Waals surface area (Å²) in [5, 5.41) is 5.90. The molecule has 0 aromatic heterocycles. The lowest BCUT2D eigenvalue weighted by molar-refractivity contribution is -0.117. The van der Waals surface area contributed by atoms with E-state index in [1.165, 1.54) is 12.1 Å². The lowest BCUT2D eigenvalue weighted by Gasteiger charge is -2.18. The summed E-state index contributed by atoms with van der Waals surface area (Å²) in [7, 11) is 0. The lowest BCUT2D eigenvalue weighted by Crippen LogP contribution is -2.32. The smallest absolute Gasteiger partial charge is 0.246 e. The van der Waals surface area contributed by atoms with Crippen molar-refractivity contribution in [1.29, 1.82) is 0 Å². The normalized spacial score (nSPS) is 15.0. The number of anilines is 3. The van der Waals surface area contributed by atoms with Crippen molar-refractivity contribution in [1.82, 2.24) is 0 Å². The van der Waals surface area contributed by atoms with Crippen molar-refractivity contribution in [2.24, 2.45) is 0 Å². The monoisotopic (exact) mass is 375 g/mol. The summed E-state index contributed by atoms with van der Waals surface area (Å²) < 4.78 is 13.1. The number of carbonyl (C=O) groups is 2. The average Bonchev–Trinajstić information content (AvgIpc) is 3.04. The first-order valence-electron chi connectivity index (χ1n) is 8.37. The molecule has 1 unspecified atom stereocenters. The highest BCUT2D eigenvalue weighted by atomic mass is 35.5. The van der Waals surface area contributed by atoms with E-state index in [0.29, 0.717) is 12.1 Å². The molecular weight excluding hydrogens is 357 g/mol. The number of hydrogen-bond acceptors (Lipinski definition) is 3. The van der Waals surface area contributed by atoms with E-state index in [9.17, 15) is 14.0 Å². The summed E-state index contributed by atoms with van der Waals surface area (Å²) in [5.41, 5.74) is 1.97. The van der Waals surface area contributed by atoms with Crippen molar-refractivity contribution >= 4 is 40.5 Å². The molecule has 2 amide bonds. The largest absolute Gasteiger partial charge is 0.374 e. The van der Waals surface area contributed by atoms with Gasteiger partial charge in [-0.2, -0.15) is 0 Å². The van der Waals surface area contributed by atoms with E-state index in [2.05, 4.69) is 10.6 Å². The SMILES string of the molecule is CC(Nc1ccc(N2CCCC2=O)cc1)C(=O)Nc1ccc(F)cc1Cl. The highest BCUT2D eigenvalue weighted by Gasteiger charge is 2.21. The molecule has 0 aliphatic carbocycles. The van der Waals surface area contributed by atoms with Gasteiger partial charge in [-0.05, 0) is 55.8 Å². The maximum absolute atomic E-state index is 13.1. The molecule has 136 valence electrons. The lowest BCUT2D eigenvalue weighted by atomic mass is 10.2. The molecule has 2 N–H and O–H groups in total. The summed E-state index contributed by atoms with van der Waals surface area (Å²) >= 11 is 5.92. The van der Waals surface area contributed by atoms with E-state index < -0.39 is 11.9 Å². The van der Waals surface area contributed by atoms with Gasteiger partial charge in [0.05, 0.1) is 10.7 Å². The van der Waals surface area contributed by atoms with Gasteiger partial charge < -0.3 is 15.5 Å². The molecule has 1 aliphatic rings. The Labute approximate surface area is 156 Å². The molecule has 26 heavy (non-hydrogen) atoms. The van der Waals surface area contributed by atoms with E-state index in [1.54, 1.807) is 11.8 Å². The minimum absolute atomic E-state index is 0.134. The van der Waals surface area contributed by atoms with Gasteiger partial charge in [0, 0.05) is 24.3 Å². The molecule has 1 fully saturated rings. The summed E-state index contributed by atoms with van der Waals surface area (Å²) in [6.45, 7) is 2.45. The Morgan fingerprint density at radius 1 is 1.23 bits per heavy atom. The third-order valence-corrected chi connectivity index (χ3v) is 4.53. The highest BCUT2D eigenvalue weighted by Crippen LogP contribution is 2.24. The number of amides is 2. The molecule has 1 atom stereocenters. The van der Waals surface area contributed by atoms with Crippen molar-refractivity contribution < 1.29 is 14.0 Å². The highest BCUT2D eigenvalue weighted by molar-refractivity contribution is 6.33. The van der Waals surface area contributed by atoms with Crippen LogP contribution in [-0.2, 0) is 9.59 Å². The van der Waals surface area contributed by atoms with Crippen LogP contribution in [0.25, 0.3) is 0 Å². The third kappa shape index (κ3) is 4.14. The molecule has 0 saturated carbocycles. The van der Waals surface area contributed by atoms with Gasteiger partial charge in [0.1, 0.15) is 11.9 Å². The van der Waals surface area contributed by atoms with E-state index in [0.717, 1.165) is 30.4 Å². The van der Waals surface area contributed by atoms with Crippen molar-refractivity contribution in [2.75, 3.05) is 22.1 Å². The molecule has 2 aromatic rings. The zero-order valence-corrected chi connectivity index (χ0v) is 15.0. The van der Waals surface area contributed by atoms with Crippen LogP contribution in [-0.4, -0.2) is 24.4 Å². The van der Waals surface area contributed by atoms with Crippen LogP contribution in [0.3, 0.4) is 0 Å². The van der Waals surface area contributed by atoms with E-state index >= 15 is 0 Å². The number of halogens is 2. The molecule has 1 aliphatic heterocycles. The first kappa shape index (κ1) is 18.2. The van der Waals surface area contributed by atoms with Crippen LogP contribution in [0.15, 0.2) is 42.5 Å². The number of rotatable bonds is 5. The van der Waals surface area contributed by atoms with Crippen molar-refractivity contribution in [3.8, 4) is 0 Å². The van der Waals surface area contributed by atoms with Crippen molar-refractivity contribution in [2.45, 2.75) is 25.8 Å². The Morgan fingerprint density at radius 3 is 2.58 bits per heavy atom. The van der Waals surface area contributed by atoms with Gasteiger partial charge >= 0.3 is 0 Å². The standard InChI is InChI=1S/C19H19ClFN3O2/c1-12(19(26)23-17-9-4-13(21)11-16(17)20)22-14-5-7-15(8-6-14)24-10-2-3-18(24)25/h4-9,11-12,22H,2-3,10H2,1H3,(H,23,26). The van der Waals surface area contributed by atoms with Crippen LogP contribution in [0.5, 0.6) is 0 Å². The molecule has 0 radical (unpaired) electrons. The second-order valence-electron chi connectivity index (χ2n) is 6.18. The molecule has 1 heterocycles. The number of nitrogens with one attached hydrogen (secondary N) is 2. The summed E-state index contributed by atoms with van der Waals surface area (Å²) in [5.74, 6) is -0.623. The Bertz CT molecular complexity index is 826. The van der Waals surface area contributed by atoms with Gasteiger partial charge in [-0.3, -0.25) is 9.59 Å². The Hall–Kier alpha value is -2.60. The molecule has 3 rings (SSSR count). The van der Waals surface area contributed by atoms with Gasteiger partial charge in [-0.1, -0.05) is 11.6 Å². The summed E-state index contributed by atoms with van der Waals surface area (Å²) in [6.07, 6.45) is 1.46. The van der Waals surface area contributed by atoms with Gasteiger partial charge in [-0.15, -0.1) is 0 Å². The number of benzene rings is 2. The zero-order valence-electron chi connectivity index (χ0n) is 14.3. The van der Waals surface area contributed by atoms with Gasteiger partial charge in [0.2, 0.25) is 11.8 Å². The fourth-order valence-electron chi connectivity index (χ4n) is 2.81. The quantitative estimate of drug-likeness (QED) is 0.828. The van der Waals surface area contributed by atoms with Crippen LogP contribution in [0.2, 0.25) is 5.02 Å². The maximum atomic E-state index is 13.1. The van der Waals surface area contributed by atoms with Crippen LogP contribution < -0.4 is 15.5 Å². The second kappa shape index (κ2) is 7.74. The first-order chi connectivity index (χ1) is 12.4. The molecular formula is C19H19ClFN3O2. The predicted octanol–water partition coefficient (Wildman–Crippen LogP) is 4.05. The van der Waals surface area contributed by atoms with Crippen LogP contribution in [0.1, 0.15) is 19.8 Å². The van der Waals surface area contributed by atoms with Gasteiger partial charge in [-0.25, -0.2) is 4.39 Å². The Balaban J connectivity index is 1.61. The van der Waals surface area contributed by atoms with E-state index in [-0.39, 0.29) is 16.8 Å². The third-order valence-electron chi connectivity index (χ3n) is 4.22. The second-order valence-corrected chi connectivity index (χ2v) is 6.58. The number of nitrogens with zero attached hydrogens (tertiary/aromatic N) is 1. The van der Waals surface area contributed by atoms with E-state index in [1.807, 2.05) is 24.3 Å². The summed E-state index contributed by atoms with van der Waals surface area (Å²) in [4.78, 5) is 25.8. The Kier molecular flexibility index (Phi) is 5.42. The number of carbonyl (C=O) groups excluding carboxylic acids is 2. The number of hydrogen-bond donors (Lipinski definition) is 2. The first-order valence-corrected chi connectivity index (χ1v) is 8.75. The van der Waals surface area contributed by atoms with Gasteiger partial charge in [0.25, 0.3) is 0 Å². The topological polar surface area (TPSA) is 61.4 Å². The molecule has 2 aromatic carbocycles. The van der Waals surface area contributed by atoms with Crippen molar-refractivity contribution in [3.05, 3.63) is 53.3 Å². The minimum Gasteiger partial charge on any atom is -0.374 e.